The van der Waals surface area contributed by atoms with Gasteiger partial charge in [-0.1, -0.05) is 11.6 Å². The second-order valence-corrected chi connectivity index (χ2v) is 4.76. The van der Waals surface area contributed by atoms with Crippen LogP contribution in [-0.4, -0.2) is 41.0 Å². The first kappa shape index (κ1) is 13.2. The Hall–Kier alpha value is -1.20. The third kappa shape index (κ3) is 2.79. The summed E-state index contributed by atoms with van der Waals surface area (Å²) in [7, 11) is 1.52. The molecule has 1 aromatic rings. The molecule has 0 aromatic carbocycles. The number of aryl methyl sites for hydroxylation is 1. The van der Waals surface area contributed by atoms with Crippen LogP contribution >= 0.6 is 11.6 Å². The van der Waals surface area contributed by atoms with Gasteiger partial charge in [0.1, 0.15) is 11.8 Å². The number of aromatic nitrogens is 2. The highest BCUT2D eigenvalue weighted by molar-refractivity contribution is 6.29. The summed E-state index contributed by atoms with van der Waals surface area (Å²) < 4.78 is 4.89. The lowest BCUT2D eigenvalue weighted by molar-refractivity contribution is -0.136. The smallest absolute Gasteiger partial charge is 0.249 e. The Morgan fingerprint density at radius 2 is 2.39 bits per heavy atom. The fourth-order valence-electron chi connectivity index (χ4n) is 2.24. The summed E-state index contributed by atoms with van der Waals surface area (Å²) in [6, 6.07) is 1.63. The molecular formula is C12H16ClN3O2. The first-order valence-corrected chi connectivity index (χ1v) is 6.29. The van der Waals surface area contributed by atoms with Crippen molar-refractivity contribution in [1.82, 2.24) is 14.9 Å². The van der Waals surface area contributed by atoms with Crippen molar-refractivity contribution in [2.24, 2.45) is 0 Å². The summed E-state index contributed by atoms with van der Waals surface area (Å²) in [6.07, 6.45) is 1.82. The Balaban J connectivity index is 2.23. The van der Waals surface area contributed by atoms with Crippen LogP contribution in [0, 0.1) is 6.92 Å². The number of ether oxygens (including phenoxy) is 1. The predicted molar refractivity (Wildman–Crippen MR) is 67.3 cm³/mol. The average Bonchev–Trinajstić information content (AvgIpc) is 2.76. The van der Waals surface area contributed by atoms with E-state index in [4.69, 9.17) is 16.3 Å². The lowest BCUT2D eigenvalue weighted by Crippen LogP contribution is -2.34. The fraction of sp³-hybridized carbons (Fsp3) is 0.583. The Morgan fingerprint density at radius 1 is 1.61 bits per heavy atom. The highest BCUT2D eigenvalue weighted by Gasteiger charge is 2.31. The zero-order valence-electron chi connectivity index (χ0n) is 10.5. The van der Waals surface area contributed by atoms with Crippen LogP contribution in [0.4, 0.5) is 0 Å². The van der Waals surface area contributed by atoms with Crippen molar-refractivity contribution < 1.29 is 9.53 Å². The van der Waals surface area contributed by atoms with E-state index < -0.39 is 0 Å². The van der Waals surface area contributed by atoms with Crippen LogP contribution in [0.2, 0.25) is 5.15 Å². The highest BCUT2D eigenvalue weighted by Crippen LogP contribution is 2.30. The van der Waals surface area contributed by atoms with E-state index in [9.17, 15) is 4.79 Å². The van der Waals surface area contributed by atoms with E-state index >= 15 is 0 Å². The Morgan fingerprint density at radius 3 is 3.06 bits per heavy atom. The lowest BCUT2D eigenvalue weighted by Gasteiger charge is -2.23. The molecule has 98 valence electrons. The van der Waals surface area contributed by atoms with Gasteiger partial charge in [-0.15, -0.1) is 0 Å². The van der Waals surface area contributed by atoms with Gasteiger partial charge >= 0.3 is 0 Å². The third-order valence-corrected chi connectivity index (χ3v) is 3.17. The average molecular weight is 270 g/mol. The molecule has 1 aromatic heterocycles. The molecule has 5 nitrogen and oxygen atoms in total. The van der Waals surface area contributed by atoms with E-state index in [1.54, 1.807) is 11.0 Å². The number of hydrogen-bond donors (Lipinski definition) is 0. The SMILES string of the molecule is COCC(=O)N1CCCC1c1nc(C)cc(Cl)n1. The van der Waals surface area contributed by atoms with Crippen molar-refractivity contribution in [3.8, 4) is 0 Å². The zero-order valence-corrected chi connectivity index (χ0v) is 11.3. The molecule has 18 heavy (non-hydrogen) atoms. The molecular weight excluding hydrogens is 254 g/mol. The summed E-state index contributed by atoms with van der Waals surface area (Å²) >= 11 is 5.94. The molecule has 1 unspecified atom stereocenters. The number of carbonyl (C=O) groups is 1. The molecule has 0 spiro atoms. The second kappa shape index (κ2) is 5.63. The molecule has 0 bridgehead atoms. The minimum Gasteiger partial charge on any atom is -0.375 e. The third-order valence-electron chi connectivity index (χ3n) is 2.98. The van der Waals surface area contributed by atoms with Crippen LogP contribution in [0.25, 0.3) is 0 Å². The summed E-state index contributed by atoms with van der Waals surface area (Å²) in [5.41, 5.74) is 0.816. The predicted octanol–water partition coefficient (Wildman–Crippen LogP) is 1.75. The molecule has 1 atom stereocenters. The van der Waals surface area contributed by atoms with E-state index in [1.807, 2.05) is 6.92 Å². The molecule has 0 radical (unpaired) electrons. The molecule has 1 aliphatic rings. The number of hydrogen-bond acceptors (Lipinski definition) is 4. The largest absolute Gasteiger partial charge is 0.375 e. The number of amides is 1. The van der Waals surface area contributed by atoms with Crippen LogP contribution in [0.5, 0.6) is 0 Å². The van der Waals surface area contributed by atoms with Crippen LogP contribution in [0.1, 0.15) is 30.4 Å². The quantitative estimate of drug-likeness (QED) is 0.785. The zero-order chi connectivity index (χ0) is 13.1. The summed E-state index contributed by atoms with van der Waals surface area (Å²) in [5.74, 6) is 0.600. The van der Waals surface area contributed by atoms with Gasteiger partial charge < -0.3 is 9.64 Å². The van der Waals surface area contributed by atoms with Crippen molar-refractivity contribution in [2.75, 3.05) is 20.3 Å². The van der Waals surface area contributed by atoms with E-state index in [-0.39, 0.29) is 18.6 Å². The molecule has 1 amide bonds. The van der Waals surface area contributed by atoms with Crippen LogP contribution in [0.15, 0.2) is 6.07 Å². The maximum absolute atomic E-state index is 11.9. The molecule has 0 aliphatic carbocycles. The lowest BCUT2D eigenvalue weighted by atomic mass is 10.2. The maximum atomic E-state index is 11.9. The van der Waals surface area contributed by atoms with Gasteiger partial charge in [0.15, 0.2) is 5.82 Å². The van der Waals surface area contributed by atoms with E-state index in [1.165, 1.54) is 7.11 Å². The number of carbonyl (C=O) groups excluding carboxylic acids is 1. The van der Waals surface area contributed by atoms with Gasteiger partial charge in [-0.2, -0.15) is 0 Å². The monoisotopic (exact) mass is 269 g/mol. The number of likely N-dealkylation sites (tertiary alicyclic amines) is 1. The number of halogens is 1. The van der Waals surface area contributed by atoms with E-state index in [0.29, 0.717) is 11.0 Å². The standard InChI is InChI=1S/C12H16ClN3O2/c1-8-6-10(13)15-12(14-8)9-4-3-5-16(9)11(17)7-18-2/h6,9H,3-5,7H2,1-2H3. The first-order valence-electron chi connectivity index (χ1n) is 5.91. The summed E-state index contributed by atoms with van der Waals surface area (Å²) in [6.45, 7) is 2.69. The number of nitrogens with zero attached hydrogens (tertiary/aromatic N) is 3. The van der Waals surface area contributed by atoms with Gasteiger partial charge in [0.25, 0.3) is 0 Å². The van der Waals surface area contributed by atoms with Crippen LogP contribution in [0.3, 0.4) is 0 Å². The number of rotatable bonds is 3. The van der Waals surface area contributed by atoms with Gasteiger partial charge in [-0.3, -0.25) is 4.79 Å². The molecule has 2 rings (SSSR count). The van der Waals surface area contributed by atoms with Gasteiger partial charge in [-0.25, -0.2) is 9.97 Å². The summed E-state index contributed by atoms with van der Waals surface area (Å²) in [5, 5.41) is 0.420. The summed E-state index contributed by atoms with van der Waals surface area (Å²) in [4.78, 5) is 22.3. The highest BCUT2D eigenvalue weighted by atomic mass is 35.5. The van der Waals surface area contributed by atoms with E-state index in [0.717, 1.165) is 25.1 Å². The first-order chi connectivity index (χ1) is 8.61. The van der Waals surface area contributed by atoms with Crippen LogP contribution in [-0.2, 0) is 9.53 Å². The van der Waals surface area contributed by atoms with Gasteiger partial charge in [-0.05, 0) is 25.8 Å². The minimum atomic E-state index is -0.0787. The van der Waals surface area contributed by atoms with Crippen molar-refractivity contribution >= 4 is 17.5 Å². The maximum Gasteiger partial charge on any atom is 0.249 e. The Kier molecular flexibility index (Phi) is 4.14. The topological polar surface area (TPSA) is 55.3 Å². The van der Waals surface area contributed by atoms with Crippen molar-refractivity contribution in [1.29, 1.82) is 0 Å². The molecule has 1 saturated heterocycles. The molecule has 0 saturated carbocycles. The normalized spacial score (nSPS) is 19.3. The molecule has 2 heterocycles. The van der Waals surface area contributed by atoms with Crippen molar-refractivity contribution in [3.63, 3.8) is 0 Å². The van der Waals surface area contributed by atoms with Gasteiger partial charge in [0, 0.05) is 19.3 Å². The Labute approximate surface area is 111 Å². The molecule has 1 aliphatic heterocycles. The molecule has 0 N–H and O–H groups in total. The minimum absolute atomic E-state index is 0.0266. The molecule has 6 heteroatoms. The number of methoxy groups -OCH3 is 1. The van der Waals surface area contributed by atoms with Crippen molar-refractivity contribution in [3.05, 3.63) is 22.7 Å². The second-order valence-electron chi connectivity index (χ2n) is 4.37. The fourth-order valence-corrected chi connectivity index (χ4v) is 2.49. The Bertz CT molecular complexity index is 433. The van der Waals surface area contributed by atoms with Gasteiger partial charge in [0.05, 0.1) is 6.04 Å². The molecule has 1 fully saturated rings. The van der Waals surface area contributed by atoms with Gasteiger partial charge in [0.2, 0.25) is 5.91 Å². The van der Waals surface area contributed by atoms with Crippen molar-refractivity contribution in [2.45, 2.75) is 25.8 Å². The van der Waals surface area contributed by atoms with E-state index in [2.05, 4.69) is 9.97 Å². The van der Waals surface area contributed by atoms with Crippen LogP contribution < -0.4 is 0 Å².